The summed E-state index contributed by atoms with van der Waals surface area (Å²) in [5, 5.41) is 20.9. The topological polar surface area (TPSA) is 103 Å². The largest absolute Gasteiger partial charge is 0.474 e. The minimum atomic E-state index is -0.425. The van der Waals surface area contributed by atoms with Crippen LogP contribution in [0.2, 0.25) is 0 Å². The van der Waals surface area contributed by atoms with Gasteiger partial charge in [0.25, 0.3) is 11.6 Å². The Labute approximate surface area is 114 Å². The summed E-state index contributed by atoms with van der Waals surface area (Å²) >= 11 is 0. The summed E-state index contributed by atoms with van der Waals surface area (Å²) in [4.78, 5) is 10.1. The average molecular weight is 278 g/mol. The Morgan fingerprint density at radius 3 is 2.70 bits per heavy atom. The Kier molecular flexibility index (Phi) is 4.48. The number of anilines is 1. The molecule has 0 aliphatic heterocycles. The molecule has 2 rings (SSSR count). The van der Waals surface area contributed by atoms with Crippen molar-refractivity contribution < 1.29 is 14.3 Å². The van der Waals surface area contributed by atoms with Gasteiger partial charge in [-0.25, -0.2) is 4.63 Å². The second-order valence-electron chi connectivity index (χ2n) is 4.09. The van der Waals surface area contributed by atoms with Crippen LogP contribution in [0.3, 0.4) is 0 Å². The zero-order chi connectivity index (χ0) is 14.4. The fourth-order valence-corrected chi connectivity index (χ4v) is 1.53. The third-order valence-corrected chi connectivity index (χ3v) is 2.58. The van der Waals surface area contributed by atoms with Crippen molar-refractivity contribution in [1.29, 1.82) is 0 Å². The van der Waals surface area contributed by atoms with Crippen LogP contribution in [0.15, 0.2) is 28.9 Å². The van der Waals surface area contributed by atoms with Crippen LogP contribution < -0.4 is 10.1 Å². The van der Waals surface area contributed by atoms with Crippen molar-refractivity contribution >= 4 is 11.4 Å². The van der Waals surface area contributed by atoms with Gasteiger partial charge < -0.3 is 10.1 Å². The van der Waals surface area contributed by atoms with Gasteiger partial charge in [-0.3, -0.25) is 10.1 Å². The highest BCUT2D eigenvalue weighted by molar-refractivity contribution is 5.48. The molecule has 1 aromatic carbocycles. The number of aromatic nitrogens is 2. The molecule has 1 aromatic heterocycles. The molecule has 1 N–H and O–H groups in total. The summed E-state index contributed by atoms with van der Waals surface area (Å²) in [7, 11) is 0. The molecular weight excluding hydrogens is 264 g/mol. The Bertz CT molecular complexity index is 567. The number of ether oxygens (including phenoxy) is 1. The first-order valence-corrected chi connectivity index (χ1v) is 6.07. The Morgan fingerprint density at radius 1 is 1.35 bits per heavy atom. The smallest absolute Gasteiger partial charge is 0.278 e. The van der Waals surface area contributed by atoms with Crippen LogP contribution >= 0.6 is 0 Å². The molecular formula is C12H14N4O4. The summed E-state index contributed by atoms with van der Waals surface area (Å²) < 4.78 is 9.88. The molecule has 0 aliphatic rings. The SMILES string of the molecule is Cc1nonc1OCCCNc1ccc([N+](=O)[O-])cc1. The van der Waals surface area contributed by atoms with Gasteiger partial charge in [-0.05, 0) is 30.6 Å². The average Bonchev–Trinajstić information content (AvgIpc) is 2.84. The summed E-state index contributed by atoms with van der Waals surface area (Å²) in [6.45, 7) is 2.91. The van der Waals surface area contributed by atoms with E-state index in [1.807, 2.05) is 0 Å². The van der Waals surface area contributed by atoms with Crippen molar-refractivity contribution in [2.24, 2.45) is 0 Å². The predicted molar refractivity (Wildman–Crippen MR) is 70.7 cm³/mol. The molecule has 1 heterocycles. The van der Waals surface area contributed by atoms with Crippen LogP contribution in [-0.4, -0.2) is 28.4 Å². The number of nitro groups is 1. The van der Waals surface area contributed by atoms with E-state index in [1.165, 1.54) is 12.1 Å². The lowest BCUT2D eigenvalue weighted by molar-refractivity contribution is -0.384. The van der Waals surface area contributed by atoms with E-state index in [0.29, 0.717) is 24.7 Å². The van der Waals surface area contributed by atoms with Crippen molar-refractivity contribution in [3.63, 3.8) is 0 Å². The van der Waals surface area contributed by atoms with Crippen LogP contribution in [0.5, 0.6) is 5.88 Å². The van der Waals surface area contributed by atoms with Crippen molar-refractivity contribution in [2.75, 3.05) is 18.5 Å². The summed E-state index contributed by atoms with van der Waals surface area (Å²) in [6, 6.07) is 6.27. The molecule has 8 heteroatoms. The number of nitrogens with one attached hydrogen (secondary N) is 1. The van der Waals surface area contributed by atoms with Crippen LogP contribution in [0.4, 0.5) is 11.4 Å². The number of benzene rings is 1. The van der Waals surface area contributed by atoms with Gasteiger partial charge in [0.1, 0.15) is 5.69 Å². The van der Waals surface area contributed by atoms with E-state index in [2.05, 4.69) is 20.3 Å². The Hall–Kier alpha value is -2.64. The quantitative estimate of drug-likeness (QED) is 0.470. The van der Waals surface area contributed by atoms with Crippen LogP contribution in [-0.2, 0) is 0 Å². The van der Waals surface area contributed by atoms with E-state index < -0.39 is 4.92 Å². The van der Waals surface area contributed by atoms with Crippen molar-refractivity contribution in [1.82, 2.24) is 10.3 Å². The molecule has 8 nitrogen and oxygen atoms in total. The molecule has 0 aliphatic carbocycles. The van der Waals surface area contributed by atoms with Crippen LogP contribution in [0.1, 0.15) is 12.1 Å². The molecule has 20 heavy (non-hydrogen) atoms. The first-order valence-electron chi connectivity index (χ1n) is 6.07. The van der Waals surface area contributed by atoms with Gasteiger partial charge in [-0.15, -0.1) is 0 Å². The molecule has 0 atom stereocenters. The summed E-state index contributed by atoms with van der Waals surface area (Å²) in [6.07, 6.45) is 0.753. The number of hydrogen-bond acceptors (Lipinski definition) is 7. The molecule has 0 radical (unpaired) electrons. The zero-order valence-corrected chi connectivity index (χ0v) is 10.9. The highest BCUT2D eigenvalue weighted by Crippen LogP contribution is 2.15. The molecule has 2 aromatic rings. The minimum Gasteiger partial charge on any atom is -0.474 e. The number of non-ortho nitro benzene ring substituents is 1. The maximum Gasteiger partial charge on any atom is 0.278 e. The molecule has 0 saturated heterocycles. The monoisotopic (exact) mass is 278 g/mol. The Balaban J connectivity index is 1.68. The highest BCUT2D eigenvalue weighted by atomic mass is 16.6. The van der Waals surface area contributed by atoms with Crippen LogP contribution in [0, 0.1) is 17.0 Å². The fraction of sp³-hybridized carbons (Fsp3) is 0.333. The number of aryl methyl sites for hydroxylation is 1. The molecule has 0 fully saturated rings. The summed E-state index contributed by atoms with van der Waals surface area (Å²) in [5.74, 6) is 0.403. The molecule has 0 spiro atoms. The maximum atomic E-state index is 10.5. The number of hydrogen-bond donors (Lipinski definition) is 1. The van der Waals surface area contributed by atoms with Gasteiger partial charge in [-0.2, -0.15) is 0 Å². The van der Waals surface area contributed by atoms with Gasteiger partial charge in [0.15, 0.2) is 0 Å². The third-order valence-electron chi connectivity index (χ3n) is 2.58. The lowest BCUT2D eigenvalue weighted by atomic mass is 10.3. The van der Waals surface area contributed by atoms with Crippen molar-refractivity contribution in [3.05, 3.63) is 40.1 Å². The first-order chi connectivity index (χ1) is 9.66. The van der Waals surface area contributed by atoms with Gasteiger partial charge in [0.2, 0.25) is 0 Å². The zero-order valence-electron chi connectivity index (χ0n) is 10.9. The normalized spacial score (nSPS) is 10.2. The lowest BCUT2D eigenvalue weighted by Gasteiger charge is -2.06. The molecule has 0 saturated carbocycles. The van der Waals surface area contributed by atoms with E-state index in [9.17, 15) is 10.1 Å². The number of nitro benzene ring substituents is 1. The van der Waals surface area contributed by atoms with Gasteiger partial charge in [0, 0.05) is 24.4 Å². The van der Waals surface area contributed by atoms with Crippen molar-refractivity contribution in [3.8, 4) is 5.88 Å². The van der Waals surface area contributed by atoms with Crippen LogP contribution in [0.25, 0.3) is 0 Å². The second kappa shape index (κ2) is 6.50. The van der Waals surface area contributed by atoms with E-state index in [4.69, 9.17) is 4.74 Å². The minimum absolute atomic E-state index is 0.0768. The standard InChI is InChI=1S/C12H14N4O4/c1-9-12(15-20-14-9)19-8-2-7-13-10-3-5-11(6-4-10)16(17)18/h3-6,13H,2,7-8H2,1H3. The van der Waals surface area contributed by atoms with Gasteiger partial charge >= 0.3 is 0 Å². The molecule has 0 bridgehead atoms. The Morgan fingerprint density at radius 2 is 2.10 bits per heavy atom. The molecule has 106 valence electrons. The number of rotatable bonds is 7. The van der Waals surface area contributed by atoms with E-state index >= 15 is 0 Å². The van der Waals surface area contributed by atoms with E-state index in [1.54, 1.807) is 19.1 Å². The van der Waals surface area contributed by atoms with Gasteiger partial charge in [-0.1, -0.05) is 5.16 Å². The van der Waals surface area contributed by atoms with Crippen molar-refractivity contribution in [2.45, 2.75) is 13.3 Å². The lowest BCUT2D eigenvalue weighted by Crippen LogP contribution is -2.07. The fourth-order valence-electron chi connectivity index (χ4n) is 1.53. The maximum absolute atomic E-state index is 10.5. The first kappa shape index (κ1) is 13.8. The third kappa shape index (κ3) is 3.67. The highest BCUT2D eigenvalue weighted by Gasteiger charge is 2.05. The predicted octanol–water partition coefficient (Wildman–Crippen LogP) is 2.17. The van der Waals surface area contributed by atoms with E-state index in [-0.39, 0.29) is 5.69 Å². The van der Waals surface area contributed by atoms with Gasteiger partial charge in [0.05, 0.1) is 11.5 Å². The molecule has 0 amide bonds. The number of nitrogens with zero attached hydrogens (tertiary/aromatic N) is 3. The second-order valence-corrected chi connectivity index (χ2v) is 4.09. The van der Waals surface area contributed by atoms with E-state index in [0.717, 1.165) is 12.1 Å². The summed E-state index contributed by atoms with van der Waals surface area (Å²) in [5.41, 5.74) is 1.52. The molecule has 0 unspecified atom stereocenters.